The standard InChI is InChI=1S/C19H13FN4O3S/c20-16(13-7-21-8-28-13)17-9-2-1-3-10-15(9)12(6-22-17)24(19(10)27)11-4-5-14(25)23-18(11)26/h1-3,6-8,11,16H,4-5H2,(H,23,25,26). The minimum absolute atomic E-state index is 0.156. The number of pyridine rings is 1. The molecule has 3 aromatic rings. The summed E-state index contributed by atoms with van der Waals surface area (Å²) < 4.78 is 15.1. The van der Waals surface area contributed by atoms with Gasteiger partial charge in [0.15, 0.2) is 6.17 Å². The highest BCUT2D eigenvalue weighted by atomic mass is 32.1. The molecule has 2 aliphatic rings. The SMILES string of the molecule is O=C1CCC(N2C(=O)c3cccc4c(C(F)c5cncs5)ncc2c34)C(=O)N1. The Morgan fingerprint density at radius 1 is 1.25 bits per heavy atom. The molecule has 1 saturated heterocycles. The molecule has 1 fully saturated rings. The Kier molecular flexibility index (Phi) is 3.73. The summed E-state index contributed by atoms with van der Waals surface area (Å²) in [7, 11) is 0. The summed E-state index contributed by atoms with van der Waals surface area (Å²) in [4.78, 5) is 46.8. The number of anilines is 1. The van der Waals surface area contributed by atoms with Crippen LogP contribution in [0.3, 0.4) is 0 Å². The Labute approximate surface area is 162 Å². The van der Waals surface area contributed by atoms with Gasteiger partial charge in [0.1, 0.15) is 6.04 Å². The van der Waals surface area contributed by atoms with E-state index >= 15 is 4.39 Å². The van der Waals surface area contributed by atoms with Gasteiger partial charge in [-0.25, -0.2) is 4.39 Å². The highest BCUT2D eigenvalue weighted by molar-refractivity contribution is 7.09. The van der Waals surface area contributed by atoms with Gasteiger partial charge in [0.2, 0.25) is 11.8 Å². The second-order valence-corrected chi connectivity index (χ2v) is 7.58. The number of hydrogen-bond donors (Lipinski definition) is 1. The molecule has 0 saturated carbocycles. The van der Waals surface area contributed by atoms with E-state index in [9.17, 15) is 14.4 Å². The van der Waals surface area contributed by atoms with Crippen molar-refractivity contribution in [3.8, 4) is 0 Å². The Morgan fingerprint density at radius 3 is 2.86 bits per heavy atom. The number of imide groups is 1. The molecule has 28 heavy (non-hydrogen) atoms. The zero-order chi connectivity index (χ0) is 19.4. The zero-order valence-electron chi connectivity index (χ0n) is 14.4. The first kappa shape index (κ1) is 16.9. The Morgan fingerprint density at radius 2 is 2.11 bits per heavy atom. The van der Waals surface area contributed by atoms with E-state index in [0.717, 1.165) is 0 Å². The Hall–Kier alpha value is -3.20. The van der Waals surface area contributed by atoms with E-state index in [1.54, 1.807) is 23.7 Å². The van der Waals surface area contributed by atoms with Gasteiger partial charge >= 0.3 is 0 Å². The molecule has 0 spiro atoms. The summed E-state index contributed by atoms with van der Waals surface area (Å²) in [6, 6.07) is 4.26. The van der Waals surface area contributed by atoms with Gasteiger partial charge in [0, 0.05) is 29.0 Å². The van der Waals surface area contributed by atoms with Gasteiger partial charge in [-0.1, -0.05) is 12.1 Å². The maximum absolute atomic E-state index is 15.1. The smallest absolute Gasteiger partial charge is 0.259 e. The van der Waals surface area contributed by atoms with Gasteiger partial charge in [0.05, 0.1) is 28.0 Å². The number of amides is 3. The molecule has 2 atom stereocenters. The number of carbonyl (C=O) groups is 3. The maximum atomic E-state index is 15.1. The van der Waals surface area contributed by atoms with Crippen molar-refractivity contribution in [1.82, 2.24) is 15.3 Å². The summed E-state index contributed by atoms with van der Waals surface area (Å²) in [5, 5.41) is 3.38. The normalized spacial score (nSPS) is 20.0. The van der Waals surface area contributed by atoms with Crippen LogP contribution in [0.15, 0.2) is 36.1 Å². The molecular weight excluding hydrogens is 383 g/mol. The maximum Gasteiger partial charge on any atom is 0.259 e. The van der Waals surface area contributed by atoms with Gasteiger partial charge < -0.3 is 0 Å². The Bertz CT molecular complexity index is 1150. The van der Waals surface area contributed by atoms with Crippen LogP contribution in [0.5, 0.6) is 0 Å². The van der Waals surface area contributed by atoms with E-state index in [1.165, 1.54) is 28.6 Å². The van der Waals surface area contributed by atoms with E-state index in [1.807, 2.05) is 0 Å². The monoisotopic (exact) mass is 396 g/mol. The topological polar surface area (TPSA) is 92.3 Å². The molecule has 140 valence electrons. The lowest BCUT2D eigenvalue weighted by atomic mass is 10.0. The van der Waals surface area contributed by atoms with Crippen LogP contribution in [-0.4, -0.2) is 33.7 Å². The summed E-state index contributed by atoms with van der Waals surface area (Å²) in [5.74, 6) is -1.21. The first-order valence-electron chi connectivity index (χ1n) is 8.67. The van der Waals surface area contributed by atoms with Crippen LogP contribution < -0.4 is 10.2 Å². The van der Waals surface area contributed by atoms with Crippen molar-refractivity contribution in [3.63, 3.8) is 0 Å². The zero-order valence-corrected chi connectivity index (χ0v) is 15.2. The molecule has 1 N–H and O–H groups in total. The molecule has 5 rings (SSSR count). The molecule has 0 aliphatic carbocycles. The minimum Gasteiger partial charge on any atom is -0.295 e. The van der Waals surface area contributed by atoms with Crippen LogP contribution in [0.4, 0.5) is 10.1 Å². The molecule has 7 nitrogen and oxygen atoms in total. The first-order chi connectivity index (χ1) is 13.6. The van der Waals surface area contributed by atoms with Crippen molar-refractivity contribution in [2.75, 3.05) is 4.90 Å². The van der Waals surface area contributed by atoms with Crippen molar-refractivity contribution in [2.24, 2.45) is 0 Å². The summed E-state index contributed by atoms with van der Waals surface area (Å²) in [6.45, 7) is 0. The Balaban J connectivity index is 1.65. The third-order valence-corrected chi connectivity index (χ3v) is 5.91. The van der Waals surface area contributed by atoms with E-state index in [2.05, 4.69) is 15.3 Å². The number of rotatable bonds is 3. The van der Waals surface area contributed by atoms with Gasteiger partial charge in [-0.05, 0) is 12.5 Å². The number of benzene rings is 1. The minimum atomic E-state index is -1.46. The van der Waals surface area contributed by atoms with Crippen LogP contribution in [0, 0.1) is 0 Å². The number of halogens is 1. The van der Waals surface area contributed by atoms with Crippen molar-refractivity contribution >= 4 is 45.5 Å². The number of carbonyl (C=O) groups excluding carboxylic acids is 3. The average Bonchev–Trinajstić information content (AvgIpc) is 3.31. The number of hydrogen-bond acceptors (Lipinski definition) is 6. The number of thiazole rings is 1. The van der Waals surface area contributed by atoms with Crippen molar-refractivity contribution in [2.45, 2.75) is 25.1 Å². The van der Waals surface area contributed by atoms with Gasteiger partial charge in [-0.15, -0.1) is 11.3 Å². The number of piperidine rings is 1. The van der Waals surface area contributed by atoms with Crippen LogP contribution >= 0.6 is 11.3 Å². The molecule has 2 unspecified atom stereocenters. The average molecular weight is 396 g/mol. The molecular formula is C19H13FN4O3S. The van der Waals surface area contributed by atoms with Crippen LogP contribution in [-0.2, 0) is 9.59 Å². The third kappa shape index (κ3) is 2.36. The molecule has 2 aromatic heterocycles. The lowest BCUT2D eigenvalue weighted by Crippen LogP contribution is -2.53. The predicted molar refractivity (Wildman–Crippen MR) is 99.8 cm³/mol. The van der Waals surface area contributed by atoms with E-state index in [0.29, 0.717) is 26.9 Å². The van der Waals surface area contributed by atoms with Crippen molar-refractivity contribution in [3.05, 3.63) is 52.2 Å². The van der Waals surface area contributed by atoms with Gasteiger partial charge in [-0.3, -0.25) is 34.6 Å². The number of nitrogens with one attached hydrogen (secondary N) is 1. The van der Waals surface area contributed by atoms with E-state index in [-0.39, 0.29) is 30.3 Å². The molecule has 2 aliphatic heterocycles. The van der Waals surface area contributed by atoms with Crippen molar-refractivity contribution < 1.29 is 18.8 Å². The molecule has 9 heteroatoms. The molecule has 1 aromatic carbocycles. The largest absolute Gasteiger partial charge is 0.295 e. The van der Waals surface area contributed by atoms with Crippen LogP contribution in [0.2, 0.25) is 0 Å². The summed E-state index contributed by atoms with van der Waals surface area (Å²) in [5.41, 5.74) is 2.63. The molecule has 0 radical (unpaired) electrons. The number of alkyl halides is 1. The second-order valence-electron chi connectivity index (χ2n) is 6.67. The quantitative estimate of drug-likeness (QED) is 0.687. The van der Waals surface area contributed by atoms with Crippen LogP contribution in [0.25, 0.3) is 10.8 Å². The van der Waals surface area contributed by atoms with Crippen molar-refractivity contribution in [1.29, 1.82) is 0 Å². The lowest BCUT2D eigenvalue weighted by Gasteiger charge is -2.30. The molecule has 0 bridgehead atoms. The van der Waals surface area contributed by atoms with E-state index < -0.39 is 18.1 Å². The lowest BCUT2D eigenvalue weighted by molar-refractivity contribution is -0.134. The molecule has 4 heterocycles. The fourth-order valence-electron chi connectivity index (χ4n) is 3.83. The van der Waals surface area contributed by atoms with Crippen LogP contribution in [0.1, 0.15) is 39.9 Å². The molecule has 3 amide bonds. The highest BCUT2D eigenvalue weighted by Gasteiger charge is 2.41. The fourth-order valence-corrected chi connectivity index (χ4v) is 4.43. The first-order valence-corrected chi connectivity index (χ1v) is 9.55. The summed E-state index contributed by atoms with van der Waals surface area (Å²) in [6.07, 6.45) is 1.82. The third-order valence-electron chi connectivity index (χ3n) is 5.09. The van der Waals surface area contributed by atoms with Gasteiger partial charge in [-0.2, -0.15) is 0 Å². The van der Waals surface area contributed by atoms with Gasteiger partial charge in [0.25, 0.3) is 5.91 Å². The predicted octanol–water partition coefficient (Wildman–Crippen LogP) is 2.52. The summed E-state index contributed by atoms with van der Waals surface area (Å²) >= 11 is 1.19. The number of nitrogens with zero attached hydrogens (tertiary/aromatic N) is 3. The van der Waals surface area contributed by atoms with E-state index in [4.69, 9.17) is 0 Å². The highest BCUT2D eigenvalue weighted by Crippen LogP contribution is 2.42. The fraction of sp³-hybridized carbons (Fsp3) is 0.211. The number of aromatic nitrogens is 2. The second kappa shape index (κ2) is 6.16.